The number of nitrogens with zero attached hydrogens (tertiary/aromatic N) is 2. The van der Waals surface area contributed by atoms with E-state index in [4.69, 9.17) is 0 Å². The third-order valence-electron chi connectivity index (χ3n) is 1.53. The van der Waals surface area contributed by atoms with E-state index in [1.165, 1.54) is 3.57 Å². The Morgan fingerprint density at radius 3 is 2.18 bits per heavy atom. The third kappa shape index (κ3) is 1.95. The lowest BCUT2D eigenvalue weighted by molar-refractivity contribution is 0.354. The van der Waals surface area contributed by atoms with Crippen molar-refractivity contribution < 1.29 is 0 Å². The van der Waals surface area contributed by atoms with Crippen LogP contribution in [0.25, 0.3) is 0 Å². The van der Waals surface area contributed by atoms with E-state index in [1.807, 2.05) is 11.6 Å². The molecule has 0 unspecified atom stereocenters. The highest BCUT2D eigenvalue weighted by molar-refractivity contribution is 14.1. The molecule has 0 aliphatic carbocycles. The molecule has 0 aliphatic rings. The molecule has 0 atom stereocenters. The van der Waals surface area contributed by atoms with Crippen LogP contribution < -0.4 is 0 Å². The van der Waals surface area contributed by atoms with Crippen molar-refractivity contribution >= 4 is 22.6 Å². The van der Waals surface area contributed by atoms with E-state index < -0.39 is 0 Å². The van der Waals surface area contributed by atoms with Crippen LogP contribution in [0.1, 0.15) is 26.5 Å². The molecule has 0 saturated heterocycles. The molecule has 3 heteroatoms. The molecule has 1 rings (SSSR count). The Hall–Kier alpha value is -0.0600. The Morgan fingerprint density at radius 2 is 2.00 bits per heavy atom. The lowest BCUT2D eigenvalue weighted by atomic mass is 10.1. The zero-order valence-corrected chi connectivity index (χ0v) is 9.51. The molecule has 1 aromatic rings. The molecule has 0 N–H and O–H groups in total. The van der Waals surface area contributed by atoms with Crippen LogP contribution in [-0.4, -0.2) is 9.78 Å². The second kappa shape index (κ2) is 2.77. The molecule has 1 heterocycles. The van der Waals surface area contributed by atoms with E-state index in [-0.39, 0.29) is 5.54 Å². The Balaban J connectivity index is 3.08. The molecule has 0 bridgehead atoms. The van der Waals surface area contributed by atoms with Crippen molar-refractivity contribution in [3.05, 3.63) is 15.5 Å². The average Bonchev–Trinajstić information content (AvgIpc) is 2.11. The molecule has 0 aliphatic heterocycles. The van der Waals surface area contributed by atoms with Crippen LogP contribution in [-0.2, 0) is 5.54 Å². The van der Waals surface area contributed by atoms with Crippen molar-refractivity contribution in [2.45, 2.75) is 33.2 Å². The van der Waals surface area contributed by atoms with Gasteiger partial charge in [-0.3, -0.25) is 4.68 Å². The lowest BCUT2D eigenvalue weighted by Gasteiger charge is -2.18. The monoisotopic (exact) mass is 264 g/mol. The lowest BCUT2D eigenvalue weighted by Crippen LogP contribution is -2.22. The smallest absolute Gasteiger partial charge is 0.0727 e. The van der Waals surface area contributed by atoms with E-state index in [0.29, 0.717) is 0 Å². The predicted molar refractivity (Wildman–Crippen MR) is 54.7 cm³/mol. The molecular weight excluding hydrogens is 251 g/mol. The SMILES string of the molecule is Cc1nn(C(C)(C)C)cc1I. The highest BCUT2D eigenvalue weighted by atomic mass is 127. The van der Waals surface area contributed by atoms with E-state index in [1.54, 1.807) is 0 Å². The van der Waals surface area contributed by atoms with Crippen molar-refractivity contribution in [1.82, 2.24) is 9.78 Å². The number of halogens is 1. The largest absolute Gasteiger partial charge is 0.266 e. The summed E-state index contributed by atoms with van der Waals surface area (Å²) in [6.45, 7) is 8.48. The number of hydrogen-bond acceptors (Lipinski definition) is 1. The first kappa shape index (κ1) is 9.03. The topological polar surface area (TPSA) is 17.8 Å². The summed E-state index contributed by atoms with van der Waals surface area (Å²) in [6, 6.07) is 0. The molecule has 0 radical (unpaired) electrons. The second-order valence-corrected chi connectivity index (χ2v) is 4.84. The summed E-state index contributed by atoms with van der Waals surface area (Å²) in [6.07, 6.45) is 2.08. The van der Waals surface area contributed by atoms with Gasteiger partial charge in [-0.05, 0) is 50.3 Å². The van der Waals surface area contributed by atoms with Crippen LogP contribution in [0.4, 0.5) is 0 Å². The van der Waals surface area contributed by atoms with Gasteiger partial charge in [0.15, 0.2) is 0 Å². The highest BCUT2D eigenvalue weighted by Crippen LogP contribution is 2.16. The maximum atomic E-state index is 4.39. The molecule has 62 valence electrons. The van der Waals surface area contributed by atoms with Crippen LogP contribution in [0.5, 0.6) is 0 Å². The van der Waals surface area contributed by atoms with E-state index >= 15 is 0 Å². The van der Waals surface area contributed by atoms with Crippen LogP contribution >= 0.6 is 22.6 Å². The van der Waals surface area contributed by atoms with Gasteiger partial charge < -0.3 is 0 Å². The van der Waals surface area contributed by atoms with Crippen molar-refractivity contribution in [2.75, 3.05) is 0 Å². The Morgan fingerprint density at radius 1 is 1.45 bits per heavy atom. The first-order valence-electron chi connectivity index (χ1n) is 3.63. The standard InChI is InChI=1S/C8H13IN2/c1-6-7(9)5-11(10-6)8(2,3)4/h5H,1-4H3. The summed E-state index contributed by atoms with van der Waals surface area (Å²) in [5, 5.41) is 4.39. The normalized spacial score (nSPS) is 12.1. The summed E-state index contributed by atoms with van der Waals surface area (Å²) >= 11 is 2.30. The quantitative estimate of drug-likeness (QED) is 0.658. The number of aromatic nitrogens is 2. The van der Waals surface area contributed by atoms with E-state index in [2.05, 4.69) is 54.7 Å². The molecule has 1 aromatic heterocycles. The van der Waals surface area contributed by atoms with E-state index in [9.17, 15) is 0 Å². The van der Waals surface area contributed by atoms with Gasteiger partial charge in [-0.25, -0.2) is 0 Å². The van der Waals surface area contributed by atoms with Crippen LogP contribution in [0, 0.1) is 10.5 Å². The Bertz CT molecular complexity index is 238. The molecule has 0 amide bonds. The fourth-order valence-corrected chi connectivity index (χ4v) is 1.15. The van der Waals surface area contributed by atoms with Crippen LogP contribution in [0.15, 0.2) is 6.20 Å². The van der Waals surface area contributed by atoms with Crippen LogP contribution in [0.3, 0.4) is 0 Å². The second-order valence-electron chi connectivity index (χ2n) is 3.68. The van der Waals surface area contributed by atoms with Crippen molar-refractivity contribution in [2.24, 2.45) is 0 Å². The van der Waals surface area contributed by atoms with Gasteiger partial charge in [-0.15, -0.1) is 0 Å². The van der Waals surface area contributed by atoms with Gasteiger partial charge in [0.1, 0.15) is 0 Å². The first-order valence-corrected chi connectivity index (χ1v) is 4.71. The zero-order chi connectivity index (χ0) is 8.65. The molecule has 11 heavy (non-hydrogen) atoms. The van der Waals surface area contributed by atoms with Gasteiger partial charge in [0, 0.05) is 6.20 Å². The molecular formula is C8H13IN2. The molecule has 2 nitrogen and oxygen atoms in total. The summed E-state index contributed by atoms with van der Waals surface area (Å²) < 4.78 is 3.24. The van der Waals surface area contributed by atoms with E-state index in [0.717, 1.165) is 5.69 Å². The van der Waals surface area contributed by atoms with Gasteiger partial charge >= 0.3 is 0 Å². The third-order valence-corrected chi connectivity index (χ3v) is 2.59. The van der Waals surface area contributed by atoms with Gasteiger partial charge in [-0.2, -0.15) is 5.10 Å². The number of hydrogen-bond donors (Lipinski definition) is 0. The Kier molecular flexibility index (Phi) is 2.27. The van der Waals surface area contributed by atoms with Gasteiger partial charge in [-0.1, -0.05) is 0 Å². The summed E-state index contributed by atoms with van der Waals surface area (Å²) in [5.41, 5.74) is 1.22. The van der Waals surface area contributed by atoms with Crippen molar-refractivity contribution in [3.63, 3.8) is 0 Å². The number of aryl methyl sites for hydroxylation is 1. The first-order chi connectivity index (χ1) is 4.91. The fourth-order valence-electron chi connectivity index (χ4n) is 0.783. The average molecular weight is 264 g/mol. The molecule has 0 aromatic carbocycles. The van der Waals surface area contributed by atoms with Gasteiger partial charge in [0.2, 0.25) is 0 Å². The Labute approximate surface area is 81.1 Å². The summed E-state index contributed by atoms with van der Waals surface area (Å²) in [5.74, 6) is 0. The molecule has 0 saturated carbocycles. The maximum absolute atomic E-state index is 4.39. The highest BCUT2D eigenvalue weighted by Gasteiger charge is 2.14. The zero-order valence-electron chi connectivity index (χ0n) is 7.35. The van der Waals surface area contributed by atoms with Crippen LogP contribution in [0.2, 0.25) is 0 Å². The number of rotatable bonds is 0. The minimum Gasteiger partial charge on any atom is -0.266 e. The van der Waals surface area contributed by atoms with Gasteiger partial charge in [0.25, 0.3) is 0 Å². The maximum Gasteiger partial charge on any atom is 0.0727 e. The fraction of sp³-hybridized carbons (Fsp3) is 0.625. The summed E-state index contributed by atoms with van der Waals surface area (Å²) in [7, 11) is 0. The van der Waals surface area contributed by atoms with Crippen molar-refractivity contribution in [3.8, 4) is 0 Å². The predicted octanol–water partition coefficient (Wildman–Crippen LogP) is 2.55. The molecule has 0 spiro atoms. The minimum atomic E-state index is 0.105. The van der Waals surface area contributed by atoms with Crippen molar-refractivity contribution in [1.29, 1.82) is 0 Å². The molecule has 0 fully saturated rings. The van der Waals surface area contributed by atoms with Gasteiger partial charge in [0.05, 0.1) is 14.8 Å². The summed E-state index contributed by atoms with van der Waals surface area (Å²) in [4.78, 5) is 0. The minimum absolute atomic E-state index is 0.105.